The SMILES string of the molecule is CCCCN(CCCC)c1cccc2c(S(=O)(=O)Nc3ccc(Cl)cc3C(=O)N[C@@H](Cc3ccc(-c4ccccc4)cc3)C(=O)OC)cccc12. The second kappa shape index (κ2) is 17.4. The standard InChI is InChI=1S/C41H44ClN3O5S/c1-4-6-25-45(26-7-5-2)38-17-11-16-34-33(38)15-12-18-39(34)51(48,49)44-36-24-23-32(42)28-35(36)40(46)43-37(41(47)50-3)27-29-19-21-31(22-20-29)30-13-9-8-10-14-30/h8-24,28,37,44H,4-7,25-27H2,1-3H3,(H,43,46)/t37-/m0/s1. The van der Waals surface area contributed by atoms with Crippen molar-refractivity contribution >= 4 is 55.6 Å². The number of sulfonamides is 1. The molecule has 0 saturated heterocycles. The molecule has 2 N–H and O–H groups in total. The minimum atomic E-state index is -4.19. The first kappa shape index (κ1) is 37.4. The van der Waals surface area contributed by atoms with E-state index in [-0.39, 0.29) is 27.6 Å². The maximum atomic E-state index is 14.1. The normalized spacial score (nSPS) is 11.9. The third-order valence-corrected chi connectivity index (χ3v) is 10.5. The highest BCUT2D eigenvalue weighted by Crippen LogP contribution is 2.33. The number of unbranched alkanes of at least 4 members (excludes halogenated alkanes) is 2. The monoisotopic (exact) mass is 725 g/mol. The van der Waals surface area contributed by atoms with Gasteiger partial charge in [-0.3, -0.25) is 9.52 Å². The Morgan fingerprint density at radius 2 is 1.43 bits per heavy atom. The number of fused-ring (bicyclic) bond motifs is 1. The summed E-state index contributed by atoms with van der Waals surface area (Å²) < 4.78 is 35.8. The van der Waals surface area contributed by atoms with Crippen LogP contribution >= 0.6 is 11.6 Å². The van der Waals surface area contributed by atoms with E-state index in [0.29, 0.717) is 5.39 Å². The number of anilines is 2. The summed E-state index contributed by atoms with van der Waals surface area (Å²) in [4.78, 5) is 29.1. The summed E-state index contributed by atoms with van der Waals surface area (Å²) in [6.45, 7) is 6.06. The molecule has 0 heterocycles. The van der Waals surface area contributed by atoms with E-state index in [2.05, 4.69) is 28.8 Å². The number of benzene rings is 5. The highest BCUT2D eigenvalue weighted by atomic mass is 35.5. The van der Waals surface area contributed by atoms with Crippen molar-refractivity contribution in [1.29, 1.82) is 0 Å². The number of halogens is 1. The van der Waals surface area contributed by atoms with Crippen molar-refractivity contribution in [3.63, 3.8) is 0 Å². The molecule has 0 aliphatic heterocycles. The van der Waals surface area contributed by atoms with E-state index in [4.69, 9.17) is 16.3 Å². The fourth-order valence-corrected chi connectivity index (χ4v) is 7.56. The van der Waals surface area contributed by atoms with Gasteiger partial charge in [0.2, 0.25) is 0 Å². The lowest BCUT2D eigenvalue weighted by atomic mass is 10.0. The predicted octanol–water partition coefficient (Wildman–Crippen LogP) is 8.88. The summed E-state index contributed by atoms with van der Waals surface area (Å²) in [7, 11) is -2.94. The molecule has 1 atom stereocenters. The Balaban J connectivity index is 1.41. The first-order chi connectivity index (χ1) is 24.6. The van der Waals surface area contributed by atoms with Crippen LogP contribution in [-0.2, 0) is 26.0 Å². The molecule has 1 amide bonds. The number of esters is 1. The van der Waals surface area contributed by atoms with Crippen LogP contribution in [0.1, 0.15) is 55.5 Å². The lowest BCUT2D eigenvalue weighted by molar-refractivity contribution is -0.142. The highest BCUT2D eigenvalue weighted by Gasteiger charge is 2.26. The molecule has 0 unspecified atom stereocenters. The Bertz CT molecular complexity index is 2060. The van der Waals surface area contributed by atoms with Gasteiger partial charge < -0.3 is 15.0 Å². The summed E-state index contributed by atoms with van der Waals surface area (Å²) >= 11 is 6.31. The van der Waals surface area contributed by atoms with Crippen LogP contribution in [0.15, 0.2) is 114 Å². The van der Waals surface area contributed by atoms with Crippen LogP contribution in [0.3, 0.4) is 0 Å². The van der Waals surface area contributed by atoms with Gasteiger partial charge in [-0.1, -0.05) is 117 Å². The summed E-state index contributed by atoms with van der Waals surface area (Å²) in [5.74, 6) is -1.33. The van der Waals surface area contributed by atoms with Crippen molar-refractivity contribution in [1.82, 2.24) is 5.32 Å². The number of ether oxygens (including phenoxy) is 1. The molecule has 51 heavy (non-hydrogen) atoms. The molecule has 0 bridgehead atoms. The third-order valence-electron chi connectivity index (χ3n) is 8.81. The summed E-state index contributed by atoms with van der Waals surface area (Å²) in [5.41, 5.74) is 3.85. The van der Waals surface area contributed by atoms with Gasteiger partial charge in [0.15, 0.2) is 0 Å². The zero-order chi connectivity index (χ0) is 36.4. The Labute approximate surface area is 305 Å². The summed E-state index contributed by atoms with van der Waals surface area (Å²) in [6.07, 6.45) is 4.31. The Kier molecular flexibility index (Phi) is 12.7. The van der Waals surface area contributed by atoms with Gasteiger partial charge >= 0.3 is 5.97 Å². The number of methoxy groups -OCH3 is 1. The number of hydrogen-bond donors (Lipinski definition) is 2. The predicted molar refractivity (Wildman–Crippen MR) is 207 cm³/mol. The number of amides is 1. The van der Waals surface area contributed by atoms with E-state index in [0.717, 1.165) is 66.5 Å². The fourth-order valence-electron chi connectivity index (χ4n) is 6.09. The molecule has 0 aromatic heterocycles. The average molecular weight is 726 g/mol. The zero-order valence-electron chi connectivity index (χ0n) is 29.2. The maximum Gasteiger partial charge on any atom is 0.328 e. The summed E-state index contributed by atoms with van der Waals surface area (Å²) in [6, 6.07) is 31.8. The number of carbonyl (C=O) groups is 2. The van der Waals surface area contributed by atoms with Gasteiger partial charge in [-0.15, -0.1) is 0 Å². The van der Waals surface area contributed by atoms with Crippen molar-refractivity contribution in [2.45, 2.75) is 56.9 Å². The summed E-state index contributed by atoms with van der Waals surface area (Å²) in [5, 5.41) is 4.37. The molecule has 266 valence electrons. The van der Waals surface area contributed by atoms with Crippen molar-refractivity contribution < 1.29 is 22.7 Å². The van der Waals surface area contributed by atoms with Crippen LogP contribution in [-0.4, -0.2) is 46.5 Å². The van der Waals surface area contributed by atoms with Crippen molar-refractivity contribution in [3.8, 4) is 11.1 Å². The van der Waals surface area contributed by atoms with Crippen LogP contribution in [0.5, 0.6) is 0 Å². The molecule has 0 aliphatic carbocycles. The molecule has 5 rings (SSSR count). The number of nitrogens with zero attached hydrogens (tertiary/aromatic N) is 1. The number of nitrogens with one attached hydrogen (secondary N) is 2. The van der Waals surface area contributed by atoms with Gasteiger partial charge in [-0.2, -0.15) is 0 Å². The first-order valence-electron chi connectivity index (χ1n) is 17.3. The second-order valence-corrected chi connectivity index (χ2v) is 14.5. The largest absolute Gasteiger partial charge is 0.467 e. The molecular weight excluding hydrogens is 682 g/mol. The number of carbonyl (C=O) groups excluding carboxylic acids is 2. The van der Waals surface area contributed by atoms with Gasteiger partial charge in [-0.25, -0.2) is 13.2 Å². The first-order valence-corrected chi connectivity index (χ1v) is 19.1. The Morgan fingerprint density at radius 3 is 2.10 bits per heavy atom. The van der Waals surface area contributed by atoms with Gasteiger partial charge in [0.1, 0.15) is 6.04 Å². The van der Waals surface area contributed by atoms with E-state index in [9.17, 15) is 18.0 Å². The lowest BCUT2D eigenvalue weighted by Crippen LogP contribution is -2.43. The van der Waals surface area contributed by atoms with Gasteiger partial charge in [0.25, 0.3) is 15.9 Å². The topological polar surface area (TPSA) is 105 Å². The molecule has 0 fully saturated rings. The molecule has 0 spiro atoms. The van der Waals surface area contributed by atoms with E-state index < -0.39 is 27.9 Å². The van der Waals surface area contributed by atoms with E-state index in [1.807, 2.05) is 72.8 Å². The average Bonchev–Trinajstić information content (AvgIpc) is 3.15. The molecule has 0 saturated carbocycles. The molecular formula is C41H44ClN3O5S. The Morgan fingerprint density at radius 1 is 0.784 bits per heavy atom. The molecule has 8 nitrogen and oxygen atoms in total. The molecule has 5 aromatic rings. The van der Waals surface area contributed by atoms with E-state index >= 15 is 0 Å². The van der Waals surface area contributed by atoms with Crippen LogP contribution in [0.25, 0.3) is 21.9 Å². The number of rotatable bonds is 16. The minimum absolute atomic E-state index is 0.0217. The fraction of sp³-hybridized carbons (Fsp3) is 0.268. The van der Waals surface area contributed by atoms with E-state index in [1.54, 1.807) is 18.2 Å². The van der Waals surface area contributed by atoms with Gasteiger partial charge in [0.05, 0.1) is 23.3 Å². The maximum absolute atomic E-state index is 14.1. The van der Waals surface area contributed by atoms with Crippen LogP contribution in [0, 0.1) is 0 Å². The van der Waals surface area contributed by atoms with Crippen LogP contribution < -0.4 is 14.9 Å². The number of hydrogen-bond acceptors (Lipinski definition) is 6. The van der Waals surface area contributed by atoms with Crippen molar-refractivity contribution in [2.75, 3.05) is 29.8 Å². The second-order valence-electron chi connectivity index (χ2n) is 12.4. The van der Waals surface area contributed by atoms with Crippen LogP contribution in [0.2, 0.25) is 5.02 Å². The van der Waals surface area contributed by atoms with Crippen LogP contribution in [0.4, 0.5) is 11.4 Å². The van der Waals surface area contributed by atoms with Crippen molar-refractivity contribution in [2.24, 2.45) is 0 Å². The van der Waals surface area contributed by atoms with Gasteiger partial charge in [-0.05, 0) is 59.9 Å². The van der Waals surface area contributed by atoms with Crippen molar-refractivity contribution in [3.05, 3.63) is 125 Å². The molecule has 0 aliphatic rings. The molecule has 5 aromatic carbocycles. The minimum Gasteiger partial charge on any atom is -0.467 e. The smallest absolute Gasteiger partial charge is 0.328 e. The lowest BCUT2D eigenvalue weighted by Gasteiger charge is -2.26. The molecule has 0 radical (unpaired) electrons. The molecule has 10 heteroatoms. The van der Waals surface area contributed by atoms with E-state index in [1.165, 1.54) is 25.3 Å². The zero-order valence-corrected chi connectivity index (χ0v) is 30.8. The third kappa shape index (κ3) is 9.28. The van der Waals surface area contributed by atoms with Gasteiger partial charge in [0, 0.05) is 41.0 Å². The highest BCUT2D eigenvalue weighted by molar-refractivity contribution is 7.93. The quantitative estimate of drug-likeness (QED) is 0.0985. The Hall–Kier alpha value is -4.86.